The molecule has 6 rings (SSSR count). The quantitative estimate of drug-likeness (QED) is 0.490. The number of nitrogens with one attached hydrogen (secondary N) is 1. The van der Waals surface area contributed by atoms with E-state index in [0.717, 1.165) is 36.9 Å². The van der Waals surface area contributed by atoms with E-state index in [-0.39, 0.29) is 29.2 Å². The minimum absolute atomic E-state index is 0.0871. The molecule has 9 nitrogen and oxygen atoms in total. The summed E-state index contributed by atoms with van der Waals surface area (Å²) in [7, 11) is -2.96. The number of hydrogen-bond donors (Lipinski definition) is 1. The normalized spacial score (nSPS) is 23.5. The molecule has 0 spiro atoms. The number of nitriles is 1. The summed E-state index contributed by atoms with van der Waals surface area (Å²) in [5, 5.41) is 12.5. The first-order chi connectivity index (χ1) is 18.9. The lowest BCUT2D eigenvalue weighted by molar-refractivity contribution is -0.127. The van der Waals surface area contributed by atoms with E-state index in [2.05, 4.69) is 21.3 Å². The van der Waals surface area contributed by atoms with Gasteiger partial charge >= 0.3 is 0 Å². The summed E-state index contributed by atoms with van der Waals surface area (Å²) >= 11 is 0. The Morgan fingerprint density at radius 2 is 1.82 bits per heavy atom. The van der Waals surface area contributed by atoms with Crippen molar-refractivity contribution in [2.75, 3.05) is 29.5 Å². The van der Waals surface area contributed by atoms with Gasteiger partial charge in [-0.1, -0.05) is 31.0 Å². The van der Waals surface area contributed by atoms with E-state index in [4.69, 9.17) is 9.40 Å². The summed E-state index contributed by atoms with van der Waals surface area (Å²) in [6, 6.07) is 15.8. The Balaban J connectivity index is 1.34. The summed E-state index contributed by atoms with van der Waals surface area (Å²) in [4.78, 5) is 24.8. The van der Waals surface area contributed by atoms with Gasteiger partial charge in [-0.2, -0.15) is 5.26 Å². The standard InChI is InChI=1S/C29H31N5O4S/c30-19-29(12-13-29)33-27(35)23-6-2-1-5-22(23)26-25(32-28(38-26)24-7-3-4-14-31-24)20-8-10-21(11-9-20)34-15-17-39(36,37)18-16-34/h3-4,7-11,14,22-23H,1-2,5-6,12-13,15-18H2,(H,33,35). The number of anilines is 1. The second kappa shape index (κ2) is 10.1. The van der Waals surface area contributed by atoms with Crippen molar-refractivity contribution in [2.24, 2.45) is 5.92 Å². The molecular weight excluding hydrogens is 514 g/mol. The predicted octanol–water partition coefficient (Wildman–Crippen LogP) is 4.08. The van der Waals surface area contributed by atoms with Crippen LogP contribution in [-0.2, 0) is 14.6 Å². The van der Waals surface area contributed by atoms with E-state index in [9.17, 15) is 18.5 Å². The average molecular weight is 546 g/mol. The molecule has 0 bridgehead atoms. The van der Waals surface area contributed by atoms with E-state index in [1.807, 2.05) is 42.5 Å². The Morgan fingerprint density at radius 1 is 1.08 bits per heavy atom. The first kappa shape index (κ1) is 25.6. The molecule has 3 aromatic rings. The molecular formula is C29H31N5O4S. The predicted molar refractivity (Wildman–Crippen MR) is 146 cm³/mol. The molecule has 1 amide bonds. The Bertz CT molecular complexity index is 1490. The summed E-state index contributed by atoms with van der Waals surface area (Å²) in [6.07, 6.45) is 6.54. The Morgan fingerprint density at radius 3 is 2.49 bits per heavy atom. The number of aromatic nitrogens is 2. The van der Waals surface area contributed by atoms with E-state index in [1.165, 1.54) is 0 Å². The van der Waals surface area contributed by atoms with Gasteiger partial charge in [0.05, 0.1) is 17.6 Å². The Labute approximate surface area is 228 Å². The SMILES string of the molecule is N#CC1(NC(=O)C2CCCCC2c2oc(-c3ccccn3)nc2-c2ccc(N3CCS(=O)(=O)CC3)cc2)CC1. The van der Waals surface area contributed by atoms with E-state index >= 15 is 0 Å². The number of pyridine rings is 1. The summed E-state index contributed by atoms with van der Waals surface area (Å²) in [5.74, 6) is 0.848. The smallest absolute Gasteiger partial charge is 0.245 e. The van der Waals surface area contributed by atoms with Crippen LogP contribution in [0.25, 0.3) is 22.8 Å². The highest BCUT2D eigenvalue weighted by atomic mass is 32.2. The maximum Gasteiger partial charge on any atom is 0.245 e. The van der Waals surface area contributed by atoms with E-state index in [1.54, 1.807) is 6.20 Å². The van der Waals surface area contributed by atoms with Crippen LogP contribution in [0.2, 0.25) is 0 Å². The first-order valence-electron chi connectivity index (χ1n) is 13.6. The first-order valence-corrected chi connectivity index (χ1v) is 15.4. The lowest BCUT2D eigenvalue weighted by Gasteiger charge is -2.30. The van der Waals surface area contributed by atoms with Gasteiger partial charge in [0.25, 0.3) is 0 Å². The van der Waals surface area contributed by atoms with Gasteiger partial charge in [-0.15, -0.1) is 0 Å². The van der Waals surface area contributed by atoms with Crippen LogP contribution in [0.4, 0.5) is 5.69 Å². The van der Waals surface area contributed by atoms with Crippen molar-refractivity contribution in [3.63, 3.8) is 0 Å². The Hall–Kier alpha value is -3.71. The van der Waals surface area contributed by atoms with Gasteiger partial charge < -0.3 is 14.6 Å². The molecule has 2 atom stereocenters. The number of carbonyl (C=O) groups is 1. The summed E-state index contributed by atoms with van der Waals surface area (Å²) in [5.41, 5.74) is 2.42. The topological polar surface area (TPSA) is 129 Å². The molecule has 202 valence electrons. The highest BCUT2D eigenvalue weighted by Crippen LogP contribution is 2.44. The second-order valence-corrected chi connectivity index (χ2v) is 13.1. The molecule has 2 unspecified atom stereocenters. The minimum atomic E-state index is -2.96. The highest BCUT2D eigenvalue weighted by molar-refractivity contribution is 7.91. The molecule has 39 heavy (non-hydrogen) atoms. The van der Waals surface area contributed by atoms with Crippen molar-refractivity contribution in [1.29, 1.82) is 5.26 Å². The highest BCUT2D eigenvalue weighted by Gasteiger charge is 2.47. The molecule has 2 saturated carbocycles. The van der Waals surface area contributed by atoms with Crippen LogP contribution in [0.3, 0.4) is 0 Å². The average Bonchev–Trinajstić information content (AvgIpc) is 3.60. The fourth-order valence-electron chi connectivity index (χ4n) is 5.67. The van der Waals surface area contributed by atoms with E-state index < -0.39 is 15.4 Å². The molecule has 1 saturated heterocycles. The van der Waals surface area contributed by atoms with Crippen molar-refractivity contribution in [3.05, 3.63) is 54.4 Å². The molecule has 3 heterocycles. The van der Waals surface area contributed by atoms with Crippen LogP contribution in [0.15, 0.2) is 53.1 Å². The second-order valence-electron chi connectivity index (χ2n) is 10.8. The van der Waals surface area contributed by atoms with Crippen molar-refractivity contribution >= 4 is 21.4 Å². The molecule has 2 aromatic heterocycles. The van der Waals surface area contributed by atoms with Crippen LogP contribution in [0, 0.1) is 17.2 Å². The number of nitrogens with zero attached hydrogens (tertiary/aromatic N) is 4. The van der Waals surface area contributed by atoms with Crippen molar-refractivity contribution in [3.8, 4) is 28.9 Å². The summed E-state index contributed by atoms with van der Waals surface area (Å²) < 4.78 is 30.1. The summed E-state index contributed by atoms with van der Waals surface area (Å²) in [6.45, 7) is 0.952. The van der Waals surface area contributed by atoms with Crippen molar-refractivity contribution in [2.45, 2.75) is 50.0 Å². The minimum Gasteiger partial charge on any atom is -0.439 e. The van der Waals surface area contributed by atoms with Gasteiger partial charge in [0, 0.05) is 42.4 Å². The number of oxazole rings is 1. The van der Waals surface area contributed by atoms with Crippen LogP contribution >= 0.6 is 0 Å². The lowest BCUT2D eigenvalue weighted by atomic mass is 9.76. The number of hydrogen-bond acceptors (Lipinski definition) is 8. The molecule has 3 aliphatic rings. The fourth-order valence-corrected chi connectivity index (χ4v) is 6.87. The zero-order valence-electron chi connectivity index (χ0n) is 21.7. The van der Waals surface area contributed by atoms with Gasteiger partial charge in [-0.3, -0.25) is 9.78 Å². The zero-order valence-corrected chi connectivity index (χ0v) is 22.5. The number of sulfone groups is 1. The number of rotatable bonds is 6. The van der Waals surface area contributed by atoms with Gasteiger partial charge in [0.15, 0.2) is 9.84 Å². The monoisotopic (exact) mass is 545 g/mol. The maximum atomic E-state index is 13.4. The van der Waals surface area contributed by atoms with Gasteiger partial charge in [-0.05, 0) is 49.9 Å². The van der Waals surface area contributed by atoms with E-state index in [0.29, 0.717) is 49.0 Å². The zero-order chi connectivity index (χ0) is 27.0. The Kier molecular flexibility index (Phi) is 6.63. The molecule has 1 N–H and O–H groups in total. The number of benzene rings is 1. The van der Waals surface area contributed by atoms with Crippen molar-refractivity contribution < 1.29 is 17.6 Å². The van der Waals surface area contributed by atoms with Crippen molar-refractivity contribution in [1.82, 2.24) is 15.3 Å². The number of carbonyl (C=O) groups excluding carboxylic acids is 1. The molecule has 3 fully saturated rings. The number of amides is 1. The molecule has 1 aromatic carbocycles. The van der Waals surface area contributed by atoms with Crippen LogP contribution in [0.1, 0.15) is 50.2 Å². The van der Waals surface area contributed by atoms with Crippen LogP contribution in [-0.4, -0.2) is 54.4 Å². The molecule has 10 heteroatoms. The fraction of sp³-hybridized carbons (Fsp3) is 0.448. The van der Waals surface area contributed by atoms with Gasteiger partial charge in [-0.25, -0.2) is 13.4 Å². The lowest BCUT2D eigenvalue weighted by Crippen LogP contribution is -2.42. The third kappa shape index (κ3) is 5.28. The van der Waals surface area contributed by atoms with Crippen LogP contribution in [0.5, 0.6) is 0 Å². The maximum absolute atomic E-state index is 13.4. The largest absolute Gasteiger partial charge is 0.439 e. The van der Waals surface area contributed by atoms with Gasteiger partial charge in [0.2, 0.25) is 11.8 Å². The third-order valence-electron chi connectivity index (χ3n) is 8.15. The molecule has 1 aliphatic heterocycles. The van der Waals surface area contributed by atoms with Crippen LogP contribution < -0.4 is 10.2 Å². The van der Waals surface area contributed by atoms with Gasteiger partial charge in [0.1, 0.15) is 22.7 Å². The molecule has 0 radical (unpaired) electrons. The third-order valence-corrected chi connectivity index (χ3v) is 9.76. The molecule has 2 aliphatic carbocycles.